The van der Waals surface area contributed by atoms with E-state index in [-0.39, 0.29) is 11.9 Å². The lowest BCUT2D eigenvalue weighted by Crippen LogP contribution is -2.46. The van der Waals surface area contributed by atoms with Crippen LogP contribution < -0.4 is 10.6 Å². The third kappa shape index (κ3) is 4.88. The number of nitrogens with one attached hydrogen (secondary N) is 2. The first-order chi connectivity index (χ1) is 8.02. The van der Waals surface area contributed by atoms with Crippen LogP contribution in [0.25, 0.3) is 0 Å². The van der Waals surface area contributed by atoms with Crippen LogP contribution in [0.3, 0.4) is 0 Å². The number of aryl methyl sites for hydroxylation is 1. The Bertz CT molecular complexity index is 362. The molecule has 17 heavy (non-hydrogen) atoms. The van der Waals surface area contributed by atoms with Gasteiger partial charge in [-0.25, -0.2) is 0 Å². The first-order valence-electron chi connectivity index (χ1n) is 6.12. The minimum Gasteiger partial charge on any atom is -0.355 e. The number of carbonyl (C=O) groups excluding carboxylic acids is 1. The number of likely N-dealkylation sites (N-methyl/N-ethyl adjacent to an activating group) is 1. The van der Waals surface area contributed by atoms with Crippen molar-refractivity contribution >= 4 is 17.2 Å². The third-order valence-electron chi connectivity index (χ3n) is 2.58. The molecule has 0 saturated heterocycles. The van der Waals surface area contributed by atoms with Crippen molar-refractivity contribution in [3.63, 3.8) is 0 Å². The molecule has 0 aromatic carbocycles. The van der Waals surface area contributed by atoms with Gasteiger partial charge < -0.3 is 10.6 Å². The lowest BCUT2D eigenvalue weighted by atomic mass is 10.1. The van der Waals surface area contributed by atoms with E-state index in [1.54, 1.807) is 0 Å². The number of rotatable bonds is 6. The van der Waals surface area contributed by atoms with Crippen LogP contribution in [-0.4, -0.2) is 24.5 Å². The van der Waals surface area contributed by atoms with Crippen LogP contribution in [0.2, 0.25) is 0 Å². The van der Waals surface area contributed by atoms with E-state index in [2.05, 4.69) is 36.6 Å². The average molecular weight is 254 g/mol. The first-order valence-corrected chi connectivity index (χ1v) is 6.93. The van der Waals surface area contributed by atoms with Crippen molar-refractivity contribution < 1.29 is 4.79 Å². The minimum atomic E-state index is -0.133. The summed E-state index contributed by atoms with van der Waals surface area (Å²) in [6.07, 6.45) is 0.974. The Kier molecular flexibility index (Phi) is 5.65. The summed E-state index contributed by atoms with van der Waals surface area (Å²) < 4.78 is 0. The second kappa shape index (κ2) is 6.77. The van der Waals surface area contributed by atoms with Gasteiger partial charge in [-0.3, -0.25) is 4.79 Å². The second-order valence-corrected chi connectivity index (χ2v) is 5.77. The lowest BCUT2D eigenvalue weighted by molar-refractivity contribution is -0.122. The SMILES string of the molecule is CCNC(=O)C(C)NC(C)Cc1ccc(C)s1. The van der Waals surface area contributed by atoms with Crippen molar-refractivity contribution in [2.24, 2.45) is 0 Å². The summed E-state index contributed by atoms with van der Waals surface area (Å²) in [5.41, 5.74) is 0. The predicted octanol–water partition coefficient (Wildman–Crippen LogP) is 2.10. The summed E-state index contributed by atoms with van der Waals surface area (Å²) in [7, 11) is 0. The molecule has 2 atom stereocenters. The third-order valence-corrected chi connectivity index (χ3v) is 3.61. The zero-order valence-electron chi connectivity index (χ0n) is 11.0. The number of carbonyl (C=O) groups is 1. The molecule has 0 aliphatic heterocycles. The molecule has 2 N–H and O–H groups in total. The molecule has 1 amide bonds. The maximum atomic E-state index is 11.6. The fraction of sp³-hybridized carbons (Fsp3) is 0.615. The lowest BCUT2D eigenvalue weighted by Gasteiger charge is -2.18. The molecule has 2 unspecified atom stereocenters. The standard InChI is InChI=1S/C13H22N2OS/c1-5-14-13(16)11(4)15-9(2)8-12-7-6-10(3)17-12/h6-7,9,11,15H,5,8H2,1-4H3,(H,14,16). The average Bonchev–Trinajstić information content (AvgIpc) is 2.64. The molecule has 0 fully saturated rings. The zero-order chi connectivity index (χ0) is 12.8. The molecule has 1 heterocycles. The van der Waals surface area contributed by atoms with Crippen LogP contribution in [0, 0.1) is 6.92 Å². The van der Waals surface area contributed by atoms with Gasteiger partial charge in [-0.1, -0.05) is 0 Å². The number of amides is 1. The van der Waals surface area contributed by atoms with Crippen molar-refractivity contribution in [2.45, 2.75) is 46.2 Å². The summed E-state index contributed by atoms with van der Waals surface area (Å²) in [5, 5.41) is 6.14. The summed E-state index contributed by atoms with van der Waals surface area (Å²) in [6, 6.07) is 4.48. The van der Waals surface area contributed by atoms with Gasteiger partial charge in [0.15, 0.2) is 0 Å². The highest BCUT2D eigenvalue weighted by Crippen LogP contribution is 2.16. The largest absolute Gasteiger partial charge is 0.355 e. The molecule has 0 aliphatic carbocycles. The van der Waals surface area contributed by atoms with Gasteiger partial charge in [0.1, 0.15) is 0 Å². The number of thiophene rings is 1. The van der Waals surface area contributed by atoms with Gasteiger partial charge in [0.25, 0.3) is 0 Å². The summed E-state index contributed by atoms with van der Waals surface area (Å²) in [5.74, 6) is 0.0710. The van der Waals surface area contributed by atoms with E-state index in [9.17, 15) is 4.79 Å². The second-order valence-electron chi connectivity index (χ2n) is 4.40. The first kappa shape index (κ1) is 14.2. The highest BCUT2D eigenvalue weighted by Gasteiger charge is 2.14. The van der Waals surface area contributed by atoms with Crippen LogP contribution in [0.4, 0.5) is 0 Å². The molecule has 0 spiro atoms. The molecule has 0 bridgehead atoms. The van der Waals surface area contributed by atoms with Gasteiger partial charge >= 0.3 is 0 Å². The molecule has 1 rings (SSSR count). The Labute approximate surface area is 108 Å². The Morgan fingerprint density at radius 3 is 2.65 bits per heavy atom. The summed E-state index contributed by atoms with van der Waals surface area (Å²) >= 11 is 1.82. The highest BCUT2D eigenvalue weighted by atomic mass is 32.1. The van der Waals surface area contributed by atoms with E-state index in [0.29, 0.717) is 12.6 Å². The van der Waals surface area contributed by atoms with Crippen LogP contribution in [0.1, 0.15) is 30.5 Å². The Morgan fingerprint density at radius 1 is 1.41 bits per heavy atom. The molecule has 0 saturated carbocycles. The van der Waals surface area contributed by atoms with Crippen LogP contribution >= 0.6 is 11.3 Å². The molecule has 0 aliphatic rings. The van der Waals surface area contributed by atoms with E-state index in [0.717, 1.165) is 6.42 Å². The van der Waals surface area contributed by atoms with Crippen LogP contribution in [0.5, 0.6) is 0 Å². The van der Waals surface area contributed by atoms with E-state index < -0.39 is 0 Å². The maximum Gasteiger partial charge on any atom is 0.236 e. The molecule has 3 nitrogen and oxygen atoms in total. The van der Waals surface area contributed by atoms with Gasteiger partial charge in [-0.15, -0.1) is 11.3 Å². The molecule has 1 aromatic heterocycles. The maximum absolute atomic E-state index is 11.6. The van der Waals surface area contributed by atoms with Gasteiger partial charge in [0.2, 0.25) is 5.91 Å². The number of hydrogen-bond acceptors (Lipinski definition) is 3. The molecule has 0 radical (unpaired) electrons. The molecule has 96 valence electrons. The molecule has 4 heteroatoms. The monoisotopic (exact) mass is 254 g/mol. The van der Waals surface area contributed by atoms with Crippen molar-refractivity contribution in [2.75, 3.05) is 6.54 Å². The Balaban J connectivity index is 2.38. The summed E-state index contributed by atoms with van der Waals surface area (Å²) in [4.78, 5) is 14.3. The molecule has 1 aromatic rings. The predicted molar refractivity (Wildman–Crippen MR) is 73.5 cm³/mol. The van der Waals surface area contributed by atoms with Gasteiger partial charge in [0, 0.05) is 22.3 Å². The van der Waals surface area contributed by atoms with E-state index in [4.69, 9.17) is 0 Å². The van der Waals surface area contributed by atoms with Crippen molar-refractivity contribution in [1.82, 2.24) is 10.6 Å². The van der Waals surface area contributed by atoms with Crippen molar-refractivity contribution in [3.8, 4) is 0 Å². The minimum absolute atomic E-state index is 0.0710. The zero-order valence-corrected chi connectivity index (χ0v) is 11.9. The van der Waals surface area contributed by atoms with Gasteiger partial charge in [-0.2, -0.15) is 0 Å². The quantitative estimate of drug-likeness (QED) is 0.816. The van der Waals surface area contributed by atoms with E-state index in [1.165, 1.54) is 9.75 Å². The van der Waals surface area contributed by atoms with Crippen LogP contribution in [-0.2, 0) is 11.2 Å². The van der Waals surface area contributed by atoms with Crippen molar-refractivity contribution in [3.05, 3.63) is 21.9 Å². The summed E-state index contributed by atoms with van der Waals surface area (Å²) in [6.45, 7) is 8.75. The fourth-order valence-electron chi connectivity index (χ4n) is 1.79. The van der Waals surface area contributed by atoms with E-state index >= 15 is 0 Å². The highest BCUT2D eigenvalue weighted by molar-refractivity contribution is 7.11. The fourth-order valence-corrected chi connectivity index (χ4v) is 2.80. The number of hydrogen-bond donors (Lipinski definition) is 2. The van der Waals surface area contributed by atoms with Crippen molar-refractivity contribution in [1.29, 1.82) is 0 Å². The van der Waals surface area contributed by atoms with Gasteiger partial charge in [0.05, 0.1) is 6.04 Å². The van der Waals surface area contributed by atoms with Crippen LogP contribution in [0.15, 0.2) is 12.1 Å². The topological polar surface area (TPSA) is 41.1 Å². The molecular weight excluding hydrogens is 232 g/mol. The Hall–Kier alpha value is -0.870. The smallest absolute Gasteiger partial charge is 0.236 e. The van der Waals surface area contributed by atoms with Gasteiger partial charge in [-0.05, 0) is 46.2 Å². The Morgan fingerprint density at radius 2 is 2.12 bits per heavy atom. The van der Waals surface area contributed by atoms with E-state index in [1.807, 2.05) is 25.2 Å². The molecular formula is C13H22N2OS. The normalized spacial score (nSPS) is 14.4.